The highest BCUT2D eigenvalue weighted by Gasteiger charge is 2.13. The molecule has 0 bridgehead atoms. The second kappa shape index (κ2) is 10.6. The van der Waals surface area contributed by atoms with Gasteiger partial charge in [0, 0.05) is 49.9 Å². The minimum atomic E-state index is -0.192. The molecule has 0 atom stereocenters. The lowest BCUT2D eigenvalue weighted by Gasteiger charge is -2.22. The summed E-state index contributed by atoms with van der Waals surface area (Å²) in [4.78, 5) is 25.9. The lowest BCUT2D eigenvalue weighted by molar-refractivity contribution is 0.102. The zero-order valence-corrected chi connectivity index (χ0v) is 17.8. The third-order valence-electron chi connectivity index (χ3n) is 4.76. The molecule has 0 fully saturated rings. The van der Waals surface area contributed by atoms with Crippen LogP contribution in [-0.4, -0.2) is 42.1 Å². The Kier molecular flexibility index (Phi) is 8.23. The van der Waals surface area contributed by atoms with E-state index in [4.69, 9.17) is 0 Å². The van der Waals surface area contributed by atoms with Crippen molar-refractivity contribution in [2.24, 2.45) is 0 Å². The Morgan fingerprint density at radius 2 is 1.57 bits per heavy atom. The Hall–Kier alpha value is -2.63. The molecule has 6 nitrogen and oxygen atoms in total. The van der Waals surface area contributed by atoms with Gasteiger partial charge in [0.2, 0.25) is 5.95 Å². The van der Waals surface area contributed by atoms with Gasteiger partial charge in [0.15, 0.2) is 0 Å². The van der Waals surface area contributed by atoms with Gasteiger partial charge in [-0.1, -0.05) is 13.8 Å². The van der Waals surface area contributed by atoms with Crippen molar-refractivity contribution in [2.75, 3.05) is 41.3 Å². The summed E-state index contributed by atoms with van der Waals surface area (Å²) in [7, 11) is 0. The Balaban J connectivity index is 2.10. The first-order valence-electron chi connectivity index (χ1n) is 10.3. The zero-order valence-electron chi connectivity index (χ0n) is 17.8. The Morgan fingerprint density at radius 1 is 0.964 bits per heavy atom. The third kappa shape index (κ3) is 5.44. The highest BCUT2D eigenvalue weighted by molar-refractivity contribution is 6.04. The van der Waals surface area contributed by atoms with Crippen LogP contribution >= 0.6 is 0 Å². The molecule has 0 unspecified atom stereocenters. The molecule has 28 heavy (non-hydrogen) atoms. The molecule has 1 amide bonds. The van der Waals surface area contributed by atoms with Crippen molar-refractivity contribution >= 4 is 23.2 Å². The predicted molar refractivity (Wildman–Crippen MR) is 118 cm³/mol. The first-order chi connectivity index (χ1) is 13.5. The van der Waals surface area contributed by atoms with Gasteiger partial charge in [0.1, 0.15) is 0 Å². The number of amides is 1. The number of nitrogens with one attached hydrogen (secondary N) is 1. The lowest BCUT2D eigenvalue weighted by atomic mass is 10.1. The smallest absolute Gasteiger partial charge is 0.258 e. The maximum absolute atomic E-state index is 12.6. The largest absolute Gasteiger partial charge is 0.372 e. The summed E-state index contributed by atoms with van der Waals surface area (Å²) in [5, 5.41) is 2.98. The first kappa shape index (κ1) is 21.7. The molecule has 0 saturated carbocycles. The Morgan fingerprint density at radius 3 is 2.07 bits per heavy atom. The van der Waals surface area contributed by atoms with Crippen molar-refractivity contribution in [3.8, 4) is 0 Å². The molecule has 0 spiro atoms. The summed E-state index contributed by atoms with van der Waals surface area (Å²) in [5.41, 5.74) is 3.47. The van der Waals surface area contributed by atoms with E-state index in [1.54, 1.807) is 12.4 Å². The second-order valence-corrected chi connectivity index (χ2v) is 6.88. The topological polar surface area (TPSA) is 61.4 Å². The monoisotopic (exact) mass is 383 g/mol. The third-order valence-corrected chi connectivity index (χ3v) is 4.76. The molecular formula is C22H33N5O. The fraction of sp³-hybridized carbons (Fsp3) is 0.500. The fourth-order valence-corrected chi connectivity index (χ4v) is 3.22. The Bertz CT molecular complexity index is 750. The minimum Gasteiger partial charge on any atom is -0.372 e. The van der Waals surface area contributed by atoms with Crippen LogP contribution < -0.4 is 15.1 Å². The van der Waals surface area contributed by atoms with Gasteiger partial charge in [0.25, 0.3) is 5.91 Å². The number of benzene rings is 1. The van der Waals surface area contributed by atoms with Gasteiger partial charge in [-0.05, 0) is 57.4 Å². The summed E-state index contributed by atoms with van der Waals surface area (Å²) in [6.07, 6.45) is 5.29. The number of nitrogens with zero attached hydrogens (tertiary/aromatic N) is 4. The van der Waals surface area contributed by atoms with E-state index in [1.807, 2.05) is 19.1 Å². The summed E-state index contributed by atoms with van der Waals surface area (Å²) in [6, 6.07) is 6.11. The average molecular weight is 384 g/mol. The predicted octanol–water partition coefficient (Wildman–Crippen LogP) is 4.51. The van der Waals surface area contributed by atoms with Crippen molar-refractivity contribution in [2.45, 2.75) is 47.5 Å². The molecule has 1 N–H and O–H groups in total. The quantitative estimate of drug-likeness (QED) is 0.654. The van der Waals surface area contributed by atoms with E-state index >= 15 is 0 Å². The number of hydrogen-bond acceptors (Lipinski definition) is 5. The molecule has 0 aliphatic carbocycles. The van der Waals surface area contributed by atoms with Crippen LogP contribution in [0, 0.1) is 6.92 Å². The summed E-state index contributed by atoms with van der Waals surface area (Å²) >= 11 is 0. The van der Waals surface area contributed by atoms with E-state index < -0.39 is 0 Å². The number of carbonyl (C=O) groups excluding carboxylic acids is 1. The molecule has 2 rings (SSSR count). The molecule has 152 valence electrons. The summed E-state index contributed by atoms with van der Waals surface area (Å²) in [5.74, 6) is 0.489. The Labute approximate surface area is 169 Å². The lowest BCUT2D eigenvalue weighted by Crippen LogP contribution is -2.27. The molecule has 6 heteroatoms. The molecule has 0 aliphatic rings. The van der Waals surface area contributed by atoms with Gasteiger partial charge in [0.05, 0.1) is 5.56 Å². The normalized spacial score (nSPS) is 10.6. The summed E-state index contributed by atoms with van der Waals surface area (Å²) in [6.45, 7) is 14.3. The number of rotatable bonds is 10. The van der Waals surface area contributed by atoms with E-state index in [9.17, 15) is 4.79 Å². The molecule has 0 aliphatic heterocycles. The number of anilines is 3. The SMILES string of the molecule is CCCN(CCC)c1ncc(C(=O)Nc2ccc(N(CC)CC)cc2C)cn1. The maximum atomic E-state index is 12.6. The summed E-state index contributed by atoms with van der Waals surface area (Å²) < 4.78 is 0. The van der Waals surface area contributed by atoms with Crippen LogP contribution in [0.4, 0.5) is 17.3 Å². The van der Waals surface area contributed by atoms with Crippen molar-refractivity contribution in [1.29, 1.82) is 0 Å². The van der Waals surface area contributed by atoms with Crippen LogP contribution in [0.5, 0.6) is 0 Å². The van der Waals surface area contributed by atoms with E-state index in [2.05, 4.69) is 58.8 Å². The highest BCUT2D eigenvalue weighted by Crippen LogP contribution is 2.23. The fourth-order valence-electron chi connectivity index (χ4n) is 3.22. The van der Waals surface area contributed by atoms with Gasteiger partial charge in [-0.25, -0.2) is 9.97 Å². The molecule has 0 saturated heterocycles. The van der Waals surface area contributed by atoms with Gasteiger partial charge in [-0.3, -0.25) is 4.79 Å². The number of aromatic nitrogens is 2. The van der Waals surface area contributed by atoms with E-state index in [-0.39, 0.29) is 5.91 Å². The maximum Gasteiger partial charge on any atom is 0.258 e. The second-order valence-electron chi connectivity index (χ2n) is 6.88. The number of aryl methyl sites for hydroxylation is 1. The van der Waals surface area contributed by atoms with Crippen molar-refractivity contribution in [3.05, 3.63) is 41.7 Å². The van der Waals surface area contributed by atoms with Crippen LogP contribution in [0.2, 0.25) is 0 Å². The van der Waals surface area contributed by atoms with Gasteiger partial charge in [-0.15, -0.1) is 0 Å². The molecule has 2 aromatic rings. The van der Waals surface area contributed by atoms with Crippen molar-refractivity contribution in [1.82, 2.24) is 9.97 Å². The number of hydrogen-bond donors (Lipinski definition) is 1. The number of carbonyl (C=O) groups is 1. The van der Waals surface area contributed by atoms with E-state index in [0.717, 1.165) is 50.3 Å². The molecular weight excluding hydrogens is 350 g/mol. The minimum absolute atomic E-state index is 0.192. The van der Waals surface area contributed by atoms with Crippen molar-refractivity contribution in [3.63, 3.8) is 0 Å². The van der Waals surface area contributed by atoms with Crippen LogP contribution in [0.1, 0.15) is 56.5 Å². The van der Waals surface area contributed by atoms with Gasteiger partial charge < -0.3 is 15.1 Å². The molecule has 1 aromatic carbocycles. The molecule has 1 aromatic heterocycles. The van der Waals surface area contributed by atoms with Crippen LogP contribution in [0.25, 0.3) is 0 Å². The first-order valence-corrected chi connectivity index (χ1v) is 10.3. The highest BCUT2D eigenvalue weighted by atomic mass is 16.1. The van der Waals surface area contributed by atoms with Gasteiger partial charge >= 0.3 is 0 Å². The van der Waals surface area contributed by atoms with Crippen LogP contribution in [0.3, 0.4) is 0 Å². The van der Waals surface area contributed by atoms with E-state index in [0.29, 0.717) is 11.5 Å². The molecule has 1 heterocycles. The molecule has 0 radical (unpaired) electrons. The van der Waals surface area contributed by atoms with Crippen molar-refractivity contribution < 1.29 is 4.79 Å². The zero-order chi connectivity index (χ0) is 20.5. The van der Waals surface area contributed by atoms with E-state index in [1.165, 1.54) is 5.69 Å². The average Bonchev–Trinajstić information content (AvgIpc) is 2.71. The van der Waals surface area contributed by atoms with Crippen LogP contribution in [0.15, 0.2) is 30.6 Å². The van der Waals surface area contributed by atoms with Crippen LogP contribution in [-0.2, 0) is 0 Å². The van der Waals surface area contributed by atoms with Gasteiger partial charge in [-0.2, -0.15) is 0 Å². The standard InChI is InChI=1S/C22H33N5O/c1-6-12-27(13-7-2)22-23-15-18(16-24-22)21(28)25-20-11-10-19(14-17(20)5)26(8-3)9-4/h10-11,14-16H,6-9,12-13H2,1-5H3,(H,25,28).